The second-order valence-corrected chi connectivity index (χ2v) is 4.40. The van der Waals surface area contributed by atoms with Crippen molar-refractivity contribution in [1.29, 1.82) is 0 Å². The molecule has 1 heterocycles. The fraction of sp³-hybridized carbons (Fsp3) is 0.385. The van der Waals surface area contributed by atoms with Crippen LogP contribution in [-0.4, -0.2) is 15.2 Å². The second kappa shape index (κ2) is 5.18. The molecule has 5 heteroatoms. The van der Waals surface area contributed by atoms with Crippen molar-refractivity contribution in [3.05, 3.63) is 41.0 Å². The van der Waals surface area contributed by atoms with Gasteiger partial charge in [0.1, 0.15) is 5.75 Å². The van der Waals surface area contributed by atoms with Crippen LogP contribution in [0.25, 0.3) is 0 Å². The van der Waals surface area contributed by atoms with Gasteiger partial charge < -0.3 is 14.9 Å². The van der Waals surface area contributed by atoms with E-state index < -0.39 is 0 Å². The molecule has 0 radical (unpaired) electrons. The molecular weight excluding hydrogens is 230 g/mol. The van der Waals surface area contributed by atoms with Crippen molar-refractivity contribution in [1.82, 2.24) is 15.5 Å². The summed E-state index contributed by atoms with van der Waals surface area (Å²) in [5, 5.41) is 16.8. The van der Waals surface area contributed by atoms with Crippen molar-refractivity contribution in [3.8, 4) is 5.75 Å². The van der Waals surface area contributed by atoms with Crippen molar-refractivity contribution in [2.75, 3.05) is 0 Å². The van der Waals surface area contributed by atoms with Crippen LogP contribution in [0, 0.1) is 13.8 Å². The summed E-state index contributed by atoms with van der Waals surface area (Å²) in [4.78, 5) is 4.11. The minimum atomic E-state index is 0.0119. The summed E-state index contributed by atoms with van der Waals surface area (Å²) in [5.74, 6) is 1.47. The standard InChI is InChI=1S/C13H17N3O2/c1-8-4-5-11(12(17)6-8)9(2)14-7-13-15-10(3)16-18-13/h4-6,9,14,17H,7H2,1-3H3. The Morgan fingerprint density at radius 1 is 1.39 bits per heavy atom. The van der Waals surface area contributed by atoms with Crippen molar-refractivity contribution in [3.63, 3.8) is 0 Å². The number of aromatic hydroxyl groups is 1. The Kier molecular flexibility index (Phi) is 3.62. The van der Waals surface area contributed by atoms with Gasteiger partial charge in [-0.1, -0.05) is 17.3 Å². The first kappa shape index (κ1) is 12.6. The van der Waals surface area contributed by atoms with E-state index in [0.717, 1.165) is 11.1 Å². The minimum absolute atomic E-state index is 0.0119. The number of rotatable bonds is 4. The van der Waals surface area contributed by atoms with Crippen LogP contribution in [0.15, 0.2) is 22.7 Å². The summed E-state index contributed by atoms with van der Waals surface area (Å²) in [6.07, 6.45) is 0. The monoisotopic (exact) mass is 247 g/mol. The van der Waals surface area contributed by atoms with Crippen LogP contribution in [0.5, 0.6) is 5.75 Å². The van der Waals surface area contributed by atoms with Crippen LogP contribution >= 0.6 is 0 Å². The van der Waals surface area contributed by atoms with Crippen molar-refractivity contribution in [2.45, 2.75) is 33.4 Å². The lowest BCUT2D eigenvalue weighted by Crippen LogP contribution is -2.18. The number of hydrogen-bond donors (Lipinski definition) is 2. The number of nitrogens with one attached hydrogen (secondary N) is 1. The molecule has 2 rings (SSSR count). The molecule has 2 N–H and O–H groups in total. The molecule has 0 saturated carbocycles. The third-order valence-corrected chi connectivity index (χ3v) is 2.78. The summed E-state index contributed by atoms with van der Waals surface area (Å²) in [5.41, 5.74) is 1.90. The Hall–Kier alpha value is -1.88. The van der Waals surface area contributed by atoms with E-state index in [9.17, 15) is 5.11 Å². The summed E-state index contributed by atoms with van der Waals surface area (Å²) < 4.78 is 5.01. The number of benzene rings is 1. The highest BCUT2D eigenvalue weighted by atomic mass is 16.5. The first-order valence-corrected chi connectivity index (χ1v) is 5.88. The zero-order valence-electron chi connectivity index (χ0n) is 10.8. The van der Waals surface area contributed by atoms with Gasteiger partial charge in [-0.05, 0) is 32.4 Å². The topological polar surface area (TPSA) is 71.2 Å². The van der Waals surface area contributed by atoms with E-state index in [-0.39, 0.29) is 6.04 Å². The van der Waals surface area contributed by atoms with Crippen LogP contribution in [0.2, 0.25) is 0 Å². The van der Waals surface area contributed by atoms with E-state index in [1.807, 2.05) is 26.0 Å². The molecule has 0 amide bonds. The third kappa shape index (κ3) is 2.87. The molecule has 0 aliphatic rings. The SMILES string of the molecule is Cc1ccc(C(C)NCc2nc(C)no2)c(O)c1. The van der Waals surface area contributed by atoms with E-state index >= 15 is 0 Å². The van der Waals surface area contributed by atoms with Gasteiger partial charge in [0.25, 0.3) is 0 Å². The lowest BCUT2D eigenvalue weighted by molar-refractivity contribution is 0.355. The number of aryl methyl sites for hydroxylation is 2. The molecule has 0 aliphatic carbocycles. The van der Waals surface area contributed by atoms with Gasteiger partial charge >= 0.3 is 0 Å². The van der Waals surface area contributed by atoms with Gasteiger partial charge in [-0.3, -0.25) is 0 Å². The maximum atomic E-state index is 9.87. The van der Waals surface area contributed by atoms with Crippen molar-refractivity contribution in [2.24, 2.45) is 0 Å². The van der Waals surface area contributed by atoms with E-state index in [1.54, 1.807) is 13.0 Å². The molecule has 0 saturated heterocycles. The Bertz CT molecular complexity index is 537. The number of hydrogen-bond acceptors (Lipinski definition) is 5. The summed E-state index contributed by atoms with van der Waals surface area (Å²) in [6.45, 7) is 6.19. The maximum absolute atomic E-state index is 9.87. The van der Waals surface area contributed by atoms with Gasteiger partial charge in [0.15, 0.2) is 5.82 Å². The van der Waals surface area contributed by atoms with Crippen LogP contribution in [0.1, 0.15) is 35.8 Å². The number of nitrogens with zero attached hydrogens (tertiary/aromatic N) is 2. The quantitative estimate of drug-likeness (QED) is 0.867. The number of aromatic nitrogens is 2. The highest BCUT2D eigenvalue weighted by Crippen LogP contribution is 2.24. The summed E-state index contributed by atoms with van der Waals surface area (Å²) in [7, 11) is 0. The van der Waals surface area contributed by atoms with Crippen LogP contribution in [-0.2, 0) is 6.54 Å². The highest BCUT2D eigenvalue weighted by molar-refractivity contribution is 5.37. The lowest BCUT2D eigenvalue weighted by atomic mass is 10.1. The summed E-state index contributed by atoms with van der Waals surface area (Å²) >= 11 is 0. The van der Waals surface area contributed by atoms with Gasteiger partial charge in [0, 0.05) is 11.6 Å². The largest absolute Gasteiger partial charge is 0.508 e. The smallest absolute Gasteiger partial charge is 0.240 e. The number of phenols is 1. The first-order chi connectivity index (χ1) is 8.56. The molecule has 0 fully saturated rings. The first-order valence-electron chi connectivity index (χ1n) is 5.88. The third-order valence-electron chi connectivity index (χ3n) is 2.78. The van der Waals surface area contributed by atoms with Crippen LogP contribution < -0.4 is 5.32 Å². The molecule has 1 atom stereocenters. The Balaban J connectivity index is 2.01. The van der Waals surface area contributed by atoms with E-state index in [2.05, 4.69) is 15.5 Å². The van der Waals surface area contributed by atoms with Gasteiger partial charge in [0.05, 0.1) is 6.54 Å². The Morgan fingerprint density at radius 3 is 2.78 bits per heavy atom. The van der Waals surface area contributed by atoms with E-state index in [0.29, 0.717) is 24.0 Å². The second-order valence-electron chi connectivity index (χ2n) is 4.40. The normalized spacial score (nSPS) is 12.6. The van der Waals surface area contributed by atoms with Gasteiger partial charge in [0.2, 0.25) is 5.89 Å². The fourth-order valence-corrected chi connectivity index (χ4v) is 1.78. The zero-order valence-corrected chi connectivity index (χ0v) is 10.8. The predicted octanol–water partition coefficient (Wildman–Crippen LogP) is 2.24. The molecule has 0 aliphatic heterocycles. The molecule has 96 valence electrons. The van der Waals surface area contributed by atoms with Gasteiger partial charge in [-0.2, -0.15) is 4.98 Å². The average molecular weight is 247 g/mol. The van der Waals surface area contributed by atoms with Crippen LogP contribution in [0.3, 0.4) is 0 Å². The lowest BCUT2D eigenvalue weighted by Gasteiger charge is -2.14. The van der Waals surface area contributed by atoms with Gasteiger partial charge in [-0.25, -0.2) is 0 Å². The van der Waals surface area contributed by atoms with E-state index in [1.165, 1.54) is 0 Å². The van der Waals surface area contributed by atoms with E-state index in [4.69, 9.17) is 4.52 Å². The molecule has 1 unspecified atom stereocenters. The molecule has 1 aromatic heterocycles. The molecule has 0 spiro atoms. The van der Waals surface area contributed by atoms with Crippen molar-refractivity contribution < 1.29 is 9.63 Å². The minimum Gasteiger partial charge on any atom is -0.508 e. The zero-order chi connectivity index (χ0) is 13.1. The summed E-state index contributed by atoms with van der Waals surface area (Å²) in [6, 6.07) is 5.66. The Morgan fingerprint density at radius 2 is 2.17 bits per heavy atom. The maximum Gasteiger partial charge on any atom is 0.240 e. The van der Waals surface area contributed by atoms with Gasteiger partial charge in [-0.15, -0.1) is 0 Å². The molecular formula is C13H17N3O2. The van der Waals surface area contributed by atoms with Crippen LogP contribution in [0.4, 0.5) is 0 Å². The van der Waals surface area contributed by atoms with Crippen molar-refractivity contribution >= 4 is 0 Å². The molecule has 18 heavy (non-hydrogen) atoms. The average Bonchev–Trinajstić information content (AvgIpc) is 2.72. The predicted molar refractivity (Wildman–Crippen MR) is 67.1 cm³/mol. The number of phenolic OH excluding ortho intramolecular Hbond substituents is 1. The highest BCUT2D eigenvalue weighted by Gasteiger charge is 2.11. The molecule has 1 aromatic carbocycles. The molecule has 2 aromatic rings. The fourth-order valence-electron chi connectivity index (χ4n) is 1.78. The molecule has 0 bridgehead atoms. The Labute approximate surface area is 106 Å². The molecule has 5 nitrogen and oxygen atoms in total.